The molecule has 2 aromatic heterocycles. The van der Waals surface area contributed by atoms with Crippen molar-refractivity contribution < 1.29 is 4.79 Å². The molecule has 1 aliphatic heterocycles. The molecular formula is C18H24N4O. The number of hydrogen-bond donors (Lipinski definition) is 0. The number of imidazole rings is 1. The highest BCUT2D eigenvalue weighted by Gasteiger charge is 2.27. The molecule has 0 bridgehead atoms. The maximum Gasteiger partial charge on any atom is 0.185 e. The van der Waals surface area contributed by atoms with Gasteiger partial charge in [-0.1, -0.05) is 6.07 Å². The Hall–Kier alpha value is -2.01. The largest absolute Gasteiger partial charge is 0.331 e. The van der Waals surface area contributed by atoms with Gasteiger partial charge in [-0.05, 0) is 45.4 Å². The Morgan fingerprint density at radius 2 is 2.17 bits per heavy atom. The molecule has 0 unspecified atom stereocenters. The zero-order valence-electron chi connectivity index (χ0n) is 13.9. The van der Waals surface area contributed by atoms with Crippen molar-refractivity contribution >= 4 is 5.78 Å². The summed E-state index contributed by atoms with van der Waals surface area (Å²) in [6.07, 6.45) is 7.57. The third kappa shape index (κ3) is 3.67. The highest BCUT2D eigenvalue weighted by Crippen LogP contribution is 2.22. The normalized spacial score (nSPS) is 19.2. The molecule has 3 heterocycles. The molecule has 5 nitrogen and oxygen atoms in total. The van der Waals surface area contributed by atoms with Crippen LogP contribution in [-0.2, 0) is 6.54 Å². The van der Waals surface area contributed by atoms with Gasteiger partial charge < -0.3 is 4.57 Å². The lowest BCUT2D eigenvalue weighted by atomic mass is 9.92. The SMILES string of the molecule is CC(C)n1ccnc1CN1CCC[C@H](C(=O)c2ccccn2)C1. The van der Waals surface area contributed by atoms with Crippen LogP contribution in [-0.4, -0.2) is 38.3 Å². The number of likely N-dealkylation sites (tertiary alicyclic amines) is 1. The van der Waals surface area contributed by atoms with E-state index >= 15 is 0 Å². The van der Waals surface area contributed by atoms with Crippen molar-refractivity contribution in [3.05, 3.63) is 48.3 Å². The van der Waals surface area contributed by atoms with Gasteiger partial charge in [0.2, 0.25) is 0 Å². The van der Waals surface area contributed by atoms with Gasteiger partial charge in [-0.2, -0.15) is 0 Å². The molecule has 0 aliphatic carbocycles. The highest BCUT2D eigenvalue weighted by molar-refractivity contribution is 5.96. The van der Waals surface area contributed by atoms with Gasteiger partial charge in [-0.3, -0.25) is 14.7 Å². The van der Waals surface area contributed by atoms with E-state index in [2.05, 4.69) is 33.3 Å². The number of piperidine rings is 1. The topological polar surface area (TPSA) is 51.0 Å². The van der Waals surface area contributed by atoms with E-state index < -0.39 is 0 Å². The molecule has 0 aromatic carbocycles. The molecule has 1 fully saturated rings. The van der Waals surface area contributed by atoms with E-state index in [0.717, 1.165) is 38.3 Å². The lowest BCUT2D eigenvalue weighted by Crippen LogP contribution is -2.39. The second-order valence-corrected chi connectivity index (χ2v) is 6.50. The van der Waals surface area contributed by atoms with Gasteiger partial charge in [0, 0.05) is 37.1 Å². The van der Waals surface area contributed by atoms with E-state index in [4.69, 9.17) is 0 Å². The molecule has 1 saturated heterocycles. The molecule has 0 N–H and O–H groups in total. The van der Waals surface area contributed by atoms with Crippen LogP contribution >= 0.6 is 0 Å². The predicted molar refractivity (Wildman–Crippen MR) is 89.2 cm³/mol. The van der Waals surface area contributed by atoms with Crippen LogP contribution in [0.3, 0.4) is 0 Å². The van der Waals surface area contributed by atoms with Gasteiger partial charge in [0.05, 0.1) is 6.54 Å². The summed E-state index contributed by atoms with van der Waals surface area (Å²) in [5, 5.41) is 0. The number of hydrogen-bond acceptors (Lipinski definition) is 4. The predicted octanol–water partition coefficient (Wildman–Crippen LogP) is 2.95. The molecule has 0 saturated carbocycles. The Kier molecular flexibility index (Phi) is 4.86. The first-order valence-electron chi connectivity index (χ1n) is 8.34. The van der Waals surface area contributed by atoms with Gasteiger partial charge in [0.25, 0.3) is 0 Å². The minimum absolute atomic E-state index is 0.0427. The van der Waals surface area contributed by atoms with E-state index in [9.17, 15) is 4.79 Å². The molecule has 1 atom stereocenters. The molecule has 1 aliphatic rings. The van der Waals surface area contributed by atoms with Crippen LogP contribution in [0.15, 0.2) is 36.8 Å². The summed E-state index contributed by atoms with van der Waals surface area (Å²) in [5.74, 6) is 1.29. The molecule has 3 rings (SSSR count). The van der Waals surface area contributed by atoms with Crippen LogP contribution in [0.5, 0.6) is 0 Å². The number of aromatic nitrogens is 3. The summed E-state index contributed by atoms with van der Waals surface area (Å²) in [5.41, 5.74) is 0.586. The van der Waals surface area contributed by atoms with Crippen molar-refractivity contribution in [2.75, 3.05) is 13.1 Å². The smallest absolute Gasteiger partial charge is 0.185 e. The van der Waals surface area contributed by atoms with Crippen LogP contribution in [0.2, 0.25) is 0 Å². The summed E-state index contributed by atoms with van der Waals surface area (Å²) in [6, 6.07) is 5.94. The van der Waals surface area contributed by atoms with Crippen molar-refractivity contribution in [1.29, 1.82) is 0 Å². The van der Waals surface area contributed by atoms with Crippen LogP contribution < -0.4 is 0 Å². The summed E-state index contributed by atoms with van der Waals surface area (Å²) in [6.45, 7) is 6.94. The van der Waals surface area contributed by atoms with E-state index in [1.807, 2.05) is 30.6 Å². The third-order valence-electron chi connectivity index (χ3n) is 4.46. The first-order valence-corrected chi connectivity index (χ1v) is 8.34. The molecule has 122 valence electrons. The Bertz CT molecular complexity index is 650. The average Bonchev–Trinajstić information content (AvgIpc) is 3.03. The number of pyridine rings is 1. The Morgan fingerprint density at radius 1 is 1.30 bits per heavy atom. The zero-order chi connectivity index (χ0) is 16.2. The molecule has 23 heavy (non-hydrogen) atoms. The summed E-state index contributed by atoms with van der Waals surface area (Å²) in [4.78, 5) is 23.6. The van der Waals surface area contributed by atoms with Crippen LogP contribution in [0, 0.1) is 5.92 Å². The maximum absolute atomic E-state index is 12.6. The fourth-order valence-electron chi connectivity index (χ4n) is 3.27. The third-order valence-corrected chi connectivity index (χ3v) is 4.46. The molecule has 5 heteroatoms. The Balaban J connectivity index is 1.66. The monoisotopic (exact) mass is 312 g/mol. The number of nitrogens with zero attached hydrogens (tertiary/aromatic N) is 4. The van der Waals surface area contributed by atoms with Crippen LogP contribution in [0.4, 0.5) is 0 Å². The molecule has 0 radical (unpaired) electrons. The van der Waals surface area contributed by atoms with Gasteiger partial charge in [0.1, 0.15) is 11.5 Å². The van der Waals surface area contributed by atoms with Crippen molar-refractivity contribution in [2.45, 2.75) is 39.3 Å². The first kappa shape index (κ1) is 15.9. The standard InChI is InChI=1S/C18H24N4O/c1-14(2)22-11-9-20-17(22)13-21-10-5-6-15(12-21)18(23)16-7-3-4-8-19-16/h3-4,7-9,11,14-15H,5-6,10,12-13H2,1-2H3/t15-/m0/s1. The quantitative estimate of drug-likeness (QED) is 0.797. The lowest BCUT2D eigenvalue weighted by Gasteiger charge is -2.31. The number of carbonyl (C=O) groups is 1. The van der Waals surface area contributed by atoms with E-state index in [-0.39, 0.29) is 11.7 Å². The fourth-order valence-corrected chi connectivity index (χ4v) is 3.27. The lowest BCUT2D eigenvalue weighted by molar-refractivity contribution is 0.0801. The Morgan fingerprint density at radius 3 is 2.91 bits per heavy atom. The number of Topliss-reactive ketones (excluding diaryl/α,β-unsaturated/α-hetero) is 1. The van der Waals surface area contributed by atoms with Crippen molar-refractivity contribution in [3.8, 4) is 0 Å². The summed E-state index contributed by atoms with van der Waals surface area (Å²) >= 11 is 0. The van der Waals surface area contributed by atoms with Crippen LogP contribution in [0.1, 0.15) is 49.0 Å². The second kappa shape index (κ2) is 7.04. The van der Waals surface area contributed by atoms with Gasteiger partial charge in [-0.15, -0.1) is 0 Å². The van der Waals surface area contributed by atoms with Crippen molar-refractivity contribution in [1.82, 2.24) is 19.4 Å². The number of carbonyl (C=O) groups excluding carboxylic acids is 1. The van der Waals surface area contributed by atoms with Crippen LogP contribution in [0.25, 0.3) is 0 Å². The maximum atomic E-state index is 12.6. The van der Waals surface area contributed by atoms with E-state index in [1.165, 1.54) is 0 Å². The second-order valence-electron chi connectivity index (χ2n) is 6.50. The number of rotatable bonds is 5. The van der Waals surface area contributed by atoms with E-state index in [1.54, 1.807) is 6.20 Å². The summed E-state index contributed by atoms with van der Waals surface area (Å²) < 4.78 is 2.20. The highest BCUT2D eigenvalue weighted by atomic mass is 16.1. The average molecular weight is 312 g/mol. The van der Waals surface area contributed by atoms with Crippen molar-refractivity contribution in [2.24, 2.45) is 5.92 Å². The van der Waals surface area contributed by atoms with Crippen molar-refractivity contribution in [3.63, 3.8) is 0 Å². The van der Waals surface area contributed by atoms with Gasteiger partial charge in [0.15, 0.2) is 5.78 Å². The van der Waals surface area contributed by atoms with Gasteiger partial charge >= 0.3 is 0 Å². The molecular weight excluding hydrogens is 288 g/mol. The first-order chi connectivity index (χ1) is 11.1. The molecule has 0 spiro atoms. The molecule has 2 aromatic rings. The van der Waals surface area contributed by atoms with E-state index in [0.29, 0.717) is 11.7 Å². The fraction of sp³-hybridized carbons (Fsp3) is 0.500. The minimum Gasteiger partial charge on any atom is -0.331 e. The zero-order valence-corrected chi connectivity index (χ0v) is 13.9. The number of ketones is 1. The minimum atomic E-state index is 0.0427. The molecule has 0 amide bonds. The van der Waals surface area contributed by atoms with Gasteiger partial charge in [-0.25, -0.2) is 4.98 Å². The summed E-state index contributed by atoms with van der Waals surface area (Å²) in [7, 11) is 0. The Labute approximate surface area is 137 Å².